The van der Waals surface area contributed by atoms with Crippen LogP contribution in [-0.4, -0.2) is 32.6 Å². The summed E-state index contributed by atoms with van der Waals surface area (Å²) in [6, 6.07) is 4.14. The van der Waals surface area contributed by atoms with Crippen molar-refractivity contribution in [3.8, 4) is 0 Å². The smallest absolute Gasteiger partial charge is 0.261 e. The summed E-state index contributed by atoms with van der Waals surface area (Å²) in [7, 11) is 0. The topological polar surface area (TPSA) is 63.9 Å². The summed E-state index contributed by atoms with van der Waals surface area (Å²) in [5.74, 6) is 1.55. The monoisotopic (exact) mass is 353 g/mol. The van der Waals surface area contributed by atoms with Gasteiger partial charge < -0.3 is 4.90 Å². The fourth-order valence-electron chi connectivity index (χ4n) is 3.58. The number of aromatic nitrogens is 4. The number of halogens is 1. The van der Waals surface area contributed by atoms with Gasteiger partial charge in [-0.3, -0.25) is 14.3 Å². The van der Waals surface area contributed by atoms with Gasteiger partial charge in [-0.1, -0.05) is 0 Å². The molecule has 0 N–H and O–H groups in total. The predicted molar refractivity (Wildman–Crippen MR) is 97.7 cm³/mol. The first-order valence-corrected chi connectivity index (χ1v) is 8.79. The van der Waals surface area contributed by atoms with Crippen LogP contribution in [0.2, 0.25) is 0 Å². The second-order valence-corrected chi connectivity index (χ2v) is 6.73. The second kappa shape index (κ2) is 6.82. The molecule has 0 spiro atoms. The van der Waals surface area contributed by atoms with E-state index in [9.17, 15) is 9.18 Å². The SMILES string of the molecule is Cc1nc2cc(F)ccc2c(=O)n1CC1CCN(c2cnccn2)CC1. The molecular formula is C19H20FN5O. The van der Waals surface area contributed by atoms with Gasteiger partial charge in [0.25, 0.3) is 5.56 Å². The summed E-state index contributed by atoms with van der Waals surface area (Å²) in [6.07, 6.45) is 7.10. The predicted octanol–water partition coefficient (Wildman–Crippen LogP) is 2.55. The minimum atomic E-state index is -0.377. The van der Waals surface area contributed by atoms with Gasteiger partial charge in [0.15, 0.2) is 0 Å². The van der Waals surface area contributed by atoms with Crippen molar-refractivity contribution in [2.24, 2.45) is 5.92 Å². The number of hydrogen-bond donors (Lipinski definition) is 0. The van der Waals surface area contributed by atoms with Crippen molar-refractivity contribution in [1.29, 1.82) is 0 Å². The van der Waals surface area contributed by atoms with Gasteiger partial charge in [0, 0.05) is 38.1 Å². The Kier molecular flexibility index (Phi) is 4.36. The highest BCUT2D eigenvalue weighted by molar-refractivity contribution is 5.77. The number of piperidine rings is 1. The van der Waals surface area contributed by atoms with Crippen LogP contribution in [0.4, 0.5) is 10.2 Å². The molecule has 26 heavy (non-hydrogen) atoms. The van der Waals surface area contributed by atoms with Crippen LogP contribution >= 0.6 is 0 Å². The summed E-state index contributed by atoms with van der Waals surface area (Å²) >= 11 is 0. The molecule has 1 saturated heterocycles. The Morgan fingerprint density at radius 1 is 1.23 bits per heavy atom. The number of fused-ring (bicyclic) bond motifs is 1. The van der Waals surface area contributed by atoms with E-state index in [1.165, 1.54) is 18.2 Å². The molecule has 3 heterocycles. The van der Waals surface area contributed by atoms with Crippen molar-refractivity contribution in [3.63, 3.8) is 0 Å². The molecule has 1 fully saturated rings. The number of nitrogens with zero attached hydrogens (tertiary/aromatic N) is 5. The van der Waals surface area contributed by atoms with E-state index >= 15 is 0 Å². The molecule has 134 valence electrons. The van der Waals surface area contributed by atoms with Gasteiger partial charge in [0.05, 0.1) is 17.1 Å². The molecule has 1 aliphatic heterocycles. The third-order valence-electron chi connectivity index (χ3n) is 5.04. The highest BCUT2D eigenvalue weighted by atomic mass is 19.1. The summed E-state index contributed by atoms with van der Waals surface area (Å²) in [6.45, 7) is 4.23. The maximum absolute atomic E-state index is 13.4. The average Bonchev–Trinajstić information content (AvgIpc) is 2.66. The normalized spacial score (nSPS) is 15.5. The zero-order chi connectivity index (χ0) is 18.1. The summed E-state index contributed by atoms with van der Waals surface area (Å²) in [5, 5.41) is 0.467. The lowest BCUT2D eigenvalue weighted by atomic mass is 9.96. The largest absolute Gasteiger partial charge is 0.355 e. The van der Waals surface area contributed by atoms with Gasteiger partial charge >= 0.3 is 0 Å². The second-order valence-electron chi connectivity index (χ2n) is 6.73. The average molecular weight is 353 g/mol. The van der Waals surface area contributed by atoms with Crippen LogP contribution in [0.25, 0.3) is 10.9 Å². The minimum absolute atomic E-state index is 0.0937. The Balaban J connectivity index is 1.52. The molecule has 0 unspecified atom stereocenters. The zero-order valence-electron chi connectivity index (χ0n) is 14.6. The van der Waals surface area contributed by atoms with Gasteiger partial charge in [0.2, 0.25) is 0 Å². The Labute approximate surface area is 150 Å². The van der Waals surface area contributed by atoms with Gasteiger partial charge in [0.1, 0.15) is 17.5 Å². The van der Waals surface area contributed by atoms with Crippen molar-refractivity contribution in [1.82, 2.24) is 19.5 Å². The van der Waals surface area contributed by atoms with E-state index in [4.69, 9.17) is 0 Å². The lowest BCUT2D eigenvalue weighted by Gasteiger charge is -2.33. The molecular weight excluding hydrogens is 333 g/mol. The summed E-state index contributed by atoms with van der Waals surface area (Å²) in [4.78, 5) is 27.9. The van der Waals surface area contributed by atoms with Crippen molar-refractivity contribution in [2.75, 3.05) is 18.0 Å². The van der Waals surface area contributed by atoms with Crippen molar-refractivity contribution in [2.45, 2.75) is 26.3 Å². The number of rotatable bonds is 3. The lowest BCUT2D eigenvalue weighted by Crippen LogP contribution is -2.37. The van der Waals surface area contributed by atoms with Gasteiger partial charge in [-0.25, -0.2) is 14.4 Å². The van der Waals surface area contributed by atoms with E-state index in [1.54, 1.807) is 30.1 Å². The highest BCUT2D eigenvalue weighted by Crippen LogP contribution is 2.22. The number of anilines is 1. The van der Waals surface area contributed by atoms with E-state index in [0.717, 1.165) is 31.7 Å². The van der Waals surface area contributed by atoms with E-state index in [0.29, 0.717) is 29.2 Å². The maximum atomic E-state index is 13.4. The Morgan fingerprint density at radius 3 is 2.77 bits per heavy atom. The molecule has 1 aliphatic rings. The fourth-order valence-corrected chi connectivity index (χ4v) is 3.58. The molecule has 1 aromatic carbocycles. The molecule has 3 aromatic rings. The number of aryl methyl sites for hydroxylation is 1. The maximum Gasteiger partial charge on any atom is 0.261 e. The van der Waals surface area contributed by atoms with Crippen LogP contribution in [0.5, 0.6) is 0 Å². The van der Waals surface area contributed by atoms with E-state index in [1.807, 2.05) is 0 Å². The quantitative estimate of drug-likeness (QED) is 0.724. The summed E-state index contributed by atoms with van der Waals surface area (Å²) in [5.41, 5.74) is 0.324. The van der Waals surface area contributed by atoms with Crippen LogP contribution in [-0.2, 0) is 6.54 Å². The zero-order valence-corrected chi connectivity index (χ0v) is 14.6. The van der Waals surface area contributed by atoms with E-state index < -0.39 is 0 Å². The molecule has 6 nitrogen and oxygen atoms in total. The van der Waals surface area contributed by atoms with Crippen molar-refractivity contribution < 1.29 is 4.39 Å². The molecule has 0 atom stereocenters. The third kappa shape index (κ3) is 3.16. The van der Waals surface area contributed by atoms with Crippen molar-refractivity contribution in [3.05, 3.63) is 58.8 Å². The molecule has 0 aliphatic carbocycles. The van der Waals surface area contributed by atoms with Crippen LogP contribution in [0.1, 0.15) is 18.7 Å². The highest BCUT2D eigenvalue weighted by Gasteiger charge is 2.22. The molecule has 0 amide bonds. The summed E-state index contributed by atoms with van der Waals surface area (Å²) < 4.78 is 15.1. The van der Waals surface area contributed by atoms with Gasteiger partial charge in [-0.15, -0.1) is 0 Å². The number of benzene rings is 1. The first-order valence-electron chi connectivity index (χ1n) is 8.79. The first kappa shape index (κ1) is 16.6. The molecule has 0 bridgehead atoms. The molecule has 2 aromatic heterocycles. The fraction of sp³-hybridized carbons (Fsp3) is 0.368. The van der Waals surface area contributed by atoms with Crippen LogP contribution < -0.4 is 10.5 Å². The lowest BCUT2D eigenvalue weighted by molar-refractivity contribution is 0.348. The Bertz CT molecular complexity index is 980. The number of hydrogen-bond acceptors (Lipinski definition) is 5. The van der Waals surface area contributed by atoms with Crippen LogP contribution in [0.3, 0.4) is 0 Å². The van der Waals surface area contributed by atoms with Crippen LogP contribution in [0.15, 0.2) is 41.6 Å². The van der Waals surface area contributed by atoms with Gasteiger partial charge in [-0.2, -0.15) is 0 Å². The van der Waals surface area contributed by atoms with Crippen molar-refractivity contribution >= 4 is 16.7 Å². The standard InChI is InChI=1S/C19H20FN5O/c1-13-23-17-10-15(20)2-3-16(17)19(26)25(13)12-14-4-8-24(9-5-14)18-11-21-6-7-22-18/h2-3,6-7,10-11,14H,4-5,8-9,12H2,1H3. The molecule has 7 heteroatoms. The first-order chi connectivity index (χ1) is 12.6. The van der Waals surface area contributed by atoms with E-state index in [-0.39, 0.29) is 11.4 Å². The van der Waals surface area contributed by atoms with Gasteiger partial charge in [-0.05, 0) is 37.8 Å². The van der Waals surface area contributed by atoms with Crippen LogP contribution in [0, 0.1) is 18.7 Å². The minimum Gasteiger partial charge on any atom is -0.355 e. The third-order valence-corrected chi connectivity index (χ3v) is 5.04. The Hall–Kier alpha value is -2.83. The molecule has 0 radical (unpaired) electrons. The van der Waals surface area contributed by atoms with E-state index in [2.05, 4.69) is 19.9 Å². The molecule has 0 saturated carbocycles. The Morgan fingerprint density at radius 2 is 2.04 bits per heavy atom. The molecule has 4 rings (SSSR count).